The number of halogens is 1. The predicted molar refractivity (Wildman–Crippen MR) is 105 cm³/mol. The number of likely N-dealkylation sites (N-methyl/N-ethyl adjacent to an activating group) is 1. The van der Waals surface area contributed by atoms with E-state index in [1.807, 2.05) is 0 Å². The SMILES string of the molecule is CN1C(N)=NC2(CC(C)(CC3CC3)Oc3cnc(-c4cccnc4F)cc32)C1O. The summed E-state index contributed by atoms with van der Waals surface area (Å²) in [6.45, 7) is 2.06. The summed E-state index contributed by atoms with van der Waals surface area (Å²) < 4.78 is 20.6. The maximum absolute atomic E-state index is 14.3. The lowest BCUT2D eigenvalue weighted by Gasteiger charge is -2.46. The molecule has 3 atom stereocenters. The molecule has 2 aliphatic heterocycles. The Morgan fingerprint density at radius 1 is 1.38 bits per heavy atom. The highest BCUT2D eigenvalue weighted by molar-refractivity contribution is 5.81. The number of aliphatic imine (C=N–C) groups is 1. The molecule has 29 heavy (non-hydrogen) atoms. The maximum Gasteiger partial charge on any atom is 0.222 e. The number of guanidine groups is 1. The van der Waals surface area contributed by atoms with Crippen LogP contribution >= 0.6 is 0 Å². The van der Waals surface area contributed by atoms with E-state index < -0.39 is 23.3 Å². The van der Waals surface area contributed by atoms with E-state index in [0.717, 1.165) is 6.42 Å². The normalized spacial score (nSPS) is 30.8. The number of aliphatic hydroxyl groups excluding tert-OH is 1. The largest absolute Gasteiger partial charge is 0.485 e. The molecular formula is C21H24FN5O2. The van der Waals surface area contributed by atoms with Crippen molar-refractivity contribution < 1.29 is 14.2 Å². The van der Waals surface area contributed by atoms with Gasteiger partial charge in [0.2, 0.25) is 5.95 Å². The van der Waals surface area contributed by atoms with Gasteiger partial charge in [-0.15, -0.1) is 0 Å². The van der Waals surface area contributed by atoms with E-state index >= 15 is 0 Å². The second-order valence-electron chi connectivity index (χ2n) is 8.66. The second-order valence-corrected chi connectivity index (χ2v) is 8.66. The van der Waals surface area contributed by atoms with E-state index in [4.69, 9.17) is 15.5 Å². The third kappa shape index (κ3) is 2.85. The molecule has 0 aromatic carbocycles. The fourth-order valence-corrected chi connectivity index (χ4v) is 4.72. The second kappa shape index (κ2) is 6.13. The number of hydrogen-bond donors (Lipinski definition) is 2. The van der Waals surface area contributed by atoms with E-state index in [2.05, 4.69) is 16.9 Å². The fourth-order valence-electron chi connectivity index (χ4n) is 4.72. The molecule has 5 rings (SSSR count). The summed E-state index contributed by atoms with van der Waals surface area (Å²) in [5.74, 6) is 0.854. The van der Waals surface area contributed by atoms with Gasteiger partial charge in [0.25, 0.3) is 0 Å². The van der Waals surface area contributed by atoms with Gasteiger partial charge in [0.05, 0.1) is 17.5 Å². The first-order chi connectivity index (χ1) is 13.8. The van der Waals surface area contributed by atoms with Crippen molar-refractivity contribution in [3.05, 3.63) is 42.1 Å². The zero-order valence-corrected chi connectivity index (χ0v) is 16.5. The van der Waals surface area contributed by atoms with Crippen LogP contribution in [0.15, 0.2) is 35.6 Å². The summed E-state index contributed by atoms with van der Waals surface area (Å²) in [5, 5.41) is 11.2. The number of nitrogens with zero attached hydrogens (tertiary/aromatic N) is 4. The molecule has 1 aliphatic carbocycles. The first-order valence-corrected chi connectivity index (χ1v) is 9.88. The van der Waals surface area contributed by atoms with Crippen molar-refractivity contribution in [2.45, 2.75) is 50.0 Å². The van der Waals surface area contributed by atoms with E-state index in [0.29, 0.717) is 29.3 Å². The van der Waals surface area contributed by atoms with Crippen LogP contribution in [0, 0.1) is 11.9 Å². The zero-order chi connectivity index (χ0) is 20.4. The van der Waals surface area contributed by atoms with Gasteiger partial charge >= 0.3 is 0 Å². The molecule has 0 radical (unpaired) electrons. The third-order valence-corrected chi connectivity index (χ3v) is 6.26. The van der Waals surface area contributed by atoms with Crippen molar-refractivity contribution in [2.24, 2.45) is 16.6 Å². The predicted octanol–water partition coefficient (Wildman–Crippen LogP) is 2.40. The molecule has 1 saturated carbocycles. The van der Waals surface area contributed by atoms with Crippen molar-refractivity contribution >= 4 is 5.96 Å². The van der Waals surface area contributed by atoms with Gasteiger partial charge in [0, 0.05) is 25.2 Å². The zero-order valence-electron chi connectivity index (χ0n) is 16.5. The van der Waals surface area contributed by atoms with Crippen LogP contribution in [0.5, 0.6) is 5.75 Å². The Balaban J connectivity index is 1.66. The molecule has 3 aliphatic rings. The molecule has 0 amide bonds. The molecule has 2 aromatic heterocycles. The van der Waals surface area contributed by atoms with Crippen LogP contribution in [-0.4, -0.2) is 44.8 Å². The van der Waals surface area contributed by atoms with Gasteiger partial charge in [0.15, 0.2) is 12.2 Å². The first-order valence-electron chi connectivity index (χ1n) is 9.88. The summed E-state index contributed by atoms with van der Waals surface area (Å²) in [7, 11) is 1.72. The lowest BCUT2D eigenvalue weighted by Crippen LogP contribution is -2.53. The molecule has 7 nitrogen and oxygen atoms in total. The molecule has 0 saturated heterocycles. The summed E-state index contributed by atoms with van der Waals surface area (Å²) in [6, 6.07) is 5.03. The number of ether oxygens (including phenoxy) is 1. The molecular weight excluding hydrogens is 373 g/mol. The molecule has 2 aromatic rings. The number of aliphatic hydroxyl groups is 1. The van der Waals surface area contributed by atoms with Gasteiger partial charge in [-0.05, 0) is 37.5 Å². The number of pyridine rings is 2. The van der Waals surface area contributed by atoms with E-state index in [-0.39, 0.29) is 11.5 Å². The molecule has 3 N–H and O–H groups in total. The van der Waals surface area contributed by atoms with Gasteiger partial charge in [-0.2, -0.15) is 4.39 Å². The monoisotopic (exact) mass is 397 g/mol. The lowest BCUT2D eigenvalue weighted by atomic mass is 9.74. The highest BCUT2D eigenvalue weighted by Crippen LogP contribution is 2.53. The Morgan fingerprint density at radius 3 is 2.83 bits per heavy atom. The average molecular weight is 397 g/mol. The van der Waals surface area contributed by atoms with Gasteiger partial charge in [-0.1, -0.05) is 12.8 Å². The van der Waals surface area contributed by atoms with E-state index in [1.165, 1.54) is 19.0 Å². The topological polar surface area (TPSA) is 96.9 Å². The van der Waals surface area contributed by atoms with E-state index in [1.54, 1.807) is 36.3 Å². The van der Waals surface area contributed by atoms with Crippen LogP contribution in [-0.2, 0) is 5.54 Å². The minimum atomic E-state index is -0.994. The third-order valence-electron chi connectivity index (χ3n) is 6.26. The standard InChI is InChI=1S/C21H24FN5O2/c1-20(9-12-5-6-12)11-21(18(28)27(2)19(23)26-21)14-8-15(25-10-16(14)29-20)13-4-3-7-24-17(13)22/h3-4,7-8,10,12,18,28H,5-6,9,11H2,1-2H3,(H2,23,26). The molecule has 4 heterocycles. The van der Waals surface area contributed by atoms with Crippen LogP contribution in [0.1, 0.15) is 38.2 Å². The number of fused-ring (bicyclic) bond motifs is 2. The summed E-state index contributed by atoms with van der Waals surface area (Å²) in [5.41, 5.74) is 5.98. The number of hydrogen-bond acceptors (Lipinski definition) is 7. The quantitative estimate of drug-likeness (QED) is 0.772. The van der Waals surface area contributed by atoms with Crippen LogP contribution in [0.3, 0.4) is 0 Å². The Kier molecular flexibility index (Phi) is 3.87. The molecule has 3 unspecified atom stereocenters. The Labute approximate surface area is 168 Å². The van der Waals surface area contributed by atoms with E-state index in [9.17, 15) is 9.50 Å². The maximum atomic E-state index is 14.3. The van der Waals surface area contributed by atoms with Gasteiger partial charge in [-0.25, -0.2) is 9.98 Å². The Hall–Kier alpha value is -2.74. The molecule has 8 heteroatoms. The highest BCUT2D eigenvalue weighted by atomic mass is 19.1. The highest BCUT2D eigenvalue weighted by Gasteiger charge is 2.57. The van der Waals surface area contributed by atoms with Crippen LogP contribution in [0.4, 0.5) is 4.39 Å². The van der Waals surface area contributed by atoms with Gasteiger partial charge < -0.3 is 20.5 Å². The summed E-state index contributed by atoms with van der Waals surface area (Å²) in [4.78, 5) is 14.4. The van der Waals surface area contributed by atoms with Crippen LogP contribution in [0.25, 0.3) is 11.3 Å². The van der Waals surface area contributed by atoms with Crippen LogP contribution in [0.2, 0.25) is 0 Å². The van der Waals surface area contributed by atoms with Crippen molar-refractivity contribution in [1.82, 2.24) is 14.9 Å². The first kappa shape index (κ1) is 18.3. The average Bonchev–Trinajstić information content (AvgIpc) is 3.46. The fraction of sp³-hybridized carbons (Fsp3) is 0.476. The minimum Gasteiger partial charge on any atom is -0.485 e. The molecule has 152 valence electrons. The molecule has 1 fully saturated rings. The smallest absolute Gasteiger partial charge is 0.222 e. The van der Waals surface area contributed by atoms with Crippen LogP contribution < -0.4 is 10.5 Å². The van der Waals surface area contributed by atoms with Gasteiger partial charge in [-0.3, -0.25) is 4.98 Å². The minimum absolute atomic E-state index is 0.269. The van der Waals surface area contributed by atoms with Crippen molar-refractivity contribution in [3.8, 4) is 17.0 Å². The number of aromatic nitrogens is 2. The van der Waals surface area contributed by atoms with Crippen molar-refractivity contribution in [1.29, 1.82) is 0 Å². The van der Waals surface area contributed by atoms with Crippen molar-refractivity contribution in [3.63, 3.8) is 0 Å². The van der Waals surface area contributed by atoms with Crippen molar-refractivity contribution in [2.75, 3.05) is 7.05 Å². The molecule has 0 bridgehead atoms. The Morgan fingerprint density at radius 2 is 2.17 bits per heavy atom. The number of nitrogens with two attached hydrogens (primary N) is 1. The summed E-state index contributed by atoms with van der Waals surface area (Å²) >= 11 is 0. The van der Waals surface area contributed by atoms with Gasteiger partial charge in [0.1, 0.15) is 16.9 Å². The Bertz CT molecular complexity index is 1010. The number of rotatable bonds is 3. The summed E-state index contributed by atoms with van der Waals surface area (Å²) in [6.07, 6.45) is 5.81. The lowest BCUT2D eigenvalue weighted by molar-refractivity contribution is -0.0530. The molecule has 1 spiro atoms.